The van der Waals surface area contributed by atoms with E-state index in [-0.39, 0.29) is 24.0 Å². The quantitative estimate of drug-likeness (QED) is 0.289. The van der Waals surface area contributed by atoms with Crippen molar-refractivity contribution in [3.05, 3.63) is 77.6 Å². The van der Waals surface area contributed by atoms with Gasteiger partial charge in [0.1, 0.15) is 5.75 Å². The number of hydrogen-bond acceptors (Lipinski definition) is 3. The summed E-state index contributed by atoms with van der Waals surface area (Å²) < 4.78 is 7.62. The lowest BCUT2D eigenvalue weighted by Crippen LogP contribution is -2.36. The van der Waals surface area contributed by atoms with Gasteiger partial charge in [-0.25, -0.2) is 4.68 Å². The van der Waals surface area contributed by atoms with Gasteiger partial charge in [0.15, 0.2) is 5.96 Å². The van der Waals surface area contributed by atoms with Crippen molar-refractivity contribution in [1.29, 1.82) is 0 Å². The number of para-hydroxylation sites is 1. The van der Waals surface area contributed by atoms with Crippen LogP contribution in [0.4, 0.5) is 0 Å². The van der Waals surface area contributed by atoms with Crippen LogP contribution in [0, 0.1) is 6.92 Å². The Hall–Kier alpha value is -2.55. The highest BCUT2D eigenvalue weighted by Gasteiger charge is 2.06. The summed E-state index contributed by atoms with van der Waals surface area (Å²) in [6.45, 7) is 5.98. The second kappa shape index (κ2) is 11.5. The first-order valence-electron chi connectivity index (χ1n) is 9.45. The van der Waals surface area contributed by atoms with E-state index in [1.54, 1.807) is 7.05 Å². The van der Waals surface area contributed by atoms with Gasteiger partial charge in [0, 0.05) is 37.5 Å². The summed E-state index contributed by atoms with van der Waals surface area (Å²) >= 11 is 0. The van der Waals surface area contributed by atoms with E-state index < -0.39 is 0 Å². The van der Waals surface area contributed by atoms with Gasteiger partial charge in [0.25, 0.3) is 0 Å². The summed E-state index contributed by atoms with van der Waals surface area (Å²) in [6.07, 6.45) is 3.88. The summed E-state index contributed by atoms with van der Waals surface area (Å²) in [5, 5.41) is 11.1. The number of nitrogens with one attached hydrogen (secondary N) is 2. The fourth-order valence-electron chi connectivity index (χ4n) is 2.86. The van der Waals surface area contributed by atoms with Crippen molar-refractivity contribution in [2.24, 2.45) is 4.99 Å². The Morgan fingerprint density at radius 1 is 1.10 bits per heavy atom. The maximum atomic E-state index is 5.75. The van der Waals surface area contributed by atoms with Gasteiger partial charge in [-0.1, -0.05) is 30.3 Å². The largest absolute Gasteiger partial charge is 0.494 e. The smallest absolute Gasteiger partial charge is 0.191 e. The summed E-state index contributed by atoms with van der Waals surface area (Å²) in [6, 6.07) is 16.3. The van der Waals surface area contributed by atoms with Crippen LogP contribution in [0.3, 0.4) is 0 Å². The standard InChI is InChI=1S/C22H27N5O.HI/c1-4-28-21-12-17(2)10-11-19(21)15-25-22(23-3)24-13-18-14-26-27(16-18)20-8-6-5-7-9-20;/h5-12,14,16H,4,13,15H2,1-3H3,(H2,23,24,25);1H. The first-order chi connectivity index (χ1) is 13.7. The average Bonchev–Trinajstić information content (AvgIpc) is 3.19. The predicted molar refractivity (Wildman–Crippen MR) is 128 cm³/mol. The molecule has 0 amide bonds. The van der Waals surface area contributed by atoms with Crippen LogP contribution >= 0.6 is 24.0 Å². The third-order valence-corrected chi connectivity index (χ3v) is 4.31. The van der Waals surface area contributed by atoms with Crippen LogP contribution in [0.2, 0.25) is 0 Å². The molecule has 0 aliphatic heterocycles. The topological polar surface area (TPSA) is 63.5 Å². The lowest BCUT2D eigenvalue weighted by Gasteiger charge is -2.14. The van der Waals surface area contributed by atoms with E-state index in [1.165, 1.54) is 5.56 Å². The SMILES string of the molecule is CCOc1cc(C)ccc1CNC(=NC)NCc1cnn(-c2ccccc2)c1.I. The van der Waals surface area contributed by atoms with Crippen molar-refractivity contribution in [3.63, 3.8) is 0 Å². The molecule has 0 aliphatic carbocycles. The van der Waals surface area contributed by atoms with Crippen molar-refractivity contribution < 1.29 is 4.74 Å². The summed E-state index contributed by atoms with van der Waals surface area (Å²) in [5.41, 5.74) is 4.41. The molecule has 0 radical (unpaired) electrons. The number of aromatic nitrogens is 2. The fraction of sp³-hybridized carbons (Fsp3) is 0.273. The first-order valence-corrected chi connectivity index (χ1v) is 9.45. The number of nitrogens with zero attached hydrogens (tertiary/aromatic N) is 3. The predicted octanol–water partition coefficient (Wildman–Crippen LogP) is 4.06. The molecule has 2 N–H and O–H groups in total. The molecule has 0 saturated carbocycles. The van der Waals surface area contributed by atoms with Crippen LogP contribution in [0.15, 0.2) is 65.9 Å². The third kappa shape index (κ3) is 6.49. The Bertz CT molecular complexity index is 924. The molecule has 0 fully saturated rings. The molecule has 7 heteroatoms. The van der Waals surface area contributed by atoms with E-state index in [0.29, 0.717) is 19.7 Å². The number of rotatable bonds is 7. The van der Waals surface area contributed by atoms with Crippen molar-refractivity contribution in [3.8, 4) is 11.4 Å². The molecule has 3 aromatic rings. The molecule has 29 heavy (non-hydrogen) atoms. The Balaban J connectivity index is 0.00000300. The van der Waals surface area contributed by atoms with E-state index >= 15 is 0 Å². The molecule has 0 saturated heterocycles. The molecule has 3 rings (SSSR count). The van der Waals surface area contributed by atoms with Crippen molar-refractivity contribution >= 4 is 29.9 Å². The normalized spacial score (nSPS) is 10.9. The molecular formula is C22H28IN5O. The Morgan fingerprint density at radius 2 is 1.86 bits per heavy atom. The molecule has 1 aromatic heterocycles. The third-order valence-electron chi connectivity index (χ3n) is 4.31. The first kappa shape index (κ1) is 22.7. The molecule has 0 atom stereocenters. The fourth-order valence-corrected chi connectivity index (χ4v) is 2.86. The van der Waals surface area contributed by atoms with Gasteiger partial charge >= 0.3 is 0 Å². The van der Waals surface area contributed by atoms with E-state index in [2.05, 4.69) is 45.8 Å². The zero-order chi connectivity index (χ0) is 19.8. The molecular weight excluding hydrogens is 477 g/mol. The second-order valence-corrected chi connectivity index (χ2v) is 6.45. The lowest BCUT2D eigenvalue weighted by atomic mass is 10.1. The van der Waals surface area contributed by atoms with Gasteiger partial charge in [0.2, 0.25) is 0 Å². The van der Waals surface area contributed by atoms with Crippen LogP contribution < -0.4 is 15.4 Å². The van der Waals surface area contributed by atoms with E-state index in [9.17, 15) is 0 Å². The zero-order valence-electron chi connectivity index (χ0n) is 17.1. The summed E-state index contributed by atoms with van der Waals surface area (Å²) in [7, 11) is 1.77. The van der Waals surface area contributed by atoms with Crippen molar-refractivity contribution in [1.82, 2.24) is 20.4 Å². The van der Waals surface area contributed by atoms with Gasteiger partial charge in [-0.3, -0.25) is 4.99 Å². The van der Waals surface area contributed by atoms with Gasteiger partial charge in [-0.2, -0.15) is 5.10 Å². The molecule has 0 spiro atoms. The highest BCUT2D eigenvalue weighted by molar-refractivity contribution is 14.0. The average molecular weight is 505 g/mol. The van der Waals surface area contributed by atoms with Crippen LogP contribution in [0.25, 0.3) is 5.69 Å². The minimum Gasteiger partial charge on any atom is -0.494 e. The van der Waals surface area contributed by atoms with Gasteiger partial charge in [-0.05, 0) is 37.6 Å². The number of halogens is 1. The molecule has 6 nitrogen and oxygen atoms in total. The minimum atomic E-state index is 0. The maximum Gasteiger partial charge on any atom is 0.191 e. The van der Waals surface area contributed by atoms with E-state index in [0.717, 1.165) is 28.5 Å². The zero-order valence-corrected chi connectivity index (χ0v) is 19.4. The second-order valence-electron chi connectivity index (χ2n) is 6.45. The maximum absolute atomic E-state index is 5.75. The van der Waals surface area contributed by atoms with E-state index in [4.69, 9.17) is 4.74 Å². The molecule has 0 unspecified atom stereocenters. The number of aliphatic imine (C=N–C) groups is 1. The monoisotopic (exact) mass is 505 g/mol. The summed E-state index contributed by atoms with van der Waals surface area (Å²) in [4.78, 5) is 4.30. The molecule has 0 bridgehead atoms. The lowest BCUT2D eigenvalue weighted by molar-refractivity contribution is 0.336. The van der Waals surface area contributed by atoms with Crippen molar-refractivity contribution in [2.45, 2.75) is 26.9 Å². The van der Waals surface area contributed by atoms with Crippen LogP contribution in [-0.4, -0.2) is 29.4 Å². The Kier molecular flexibility index (Phi) is 8.98. The highest BCUT2D eigenvalue weighted by Crippen LogP contribution is 2.20. The Labute approximate surface area is 189 Å². The molecule has 0 aliphatic rings. The van der Waals surface area contributed by atoms with Gasteiger partial charge < -0.3 is 15.4 Å². The van der Waals surface area contributed by atoms with Gasteiger partial charge in [0.05, 0.1) is 18.5 Å². The van der Waals surface area contributed by atoms with Crippen LogP contribution in [0.1, 0.15) is 23.6 Å². The van der Waals surface area contributed by atoms with Crippen LogP contribution in [-0.2, 0) is 13.1 Å². The number of ether oxygens (including phenoxy) is 1. The molecule has 2 aromatic carbocycles. The molecule has 1 heterocycles. The Morgan fingerprint density at radius 3 is 2.59 bits per heavy atom. The van der Waals surface area contributed by atoms with Crippen LogP contribution in [0.5, 0.6) is 5.75 Å². The minimum absolute atomic E-state index is 0. The molecule has 154 valence electrons. The highest BCUT2D eigenvalue weighted by atomic mass is 127. The summed E-state index contributed by atoms with van der Waals surface area (Å²) in [5.74, 6) is 1.64. The van der Waals surface area contributed by atoms with Gasteiger partial charge in [-0.15, -0.1) is 24.0 Å². The number of aryl methyl sites for hydroxylation is 1. The van der Waals surface area contributed by atoms with E-state index in [1.807, 2.05) is 54.3 Å². The number of benzene rings is 2. The van der Waals surface area contributed by atoms with Crippen molar-refractivity contribution in [2.75, 3.05) is 13.7 Å². The number of guanidine groups is 1. The number of hydrogen-bond donors (Lipinski definition) is 2.